The fraction of sp³-hybridized carbons (Fsp3) is 0.727. The van der Waals surface area contributed by atoms with E-state index < -0.39 is 0 Å². The summed E-state index contributed by atoms with van der Waals surface area (Å²) in [4.78, 5) is 17.4. The van der Waals surface area contributed by atoms with Gasteiger partial charge >= 0.3 is 5.97 Å². The van der Waals surface area contributed by atoms with Gasteiger partial charge in [-0.2, -0.15) is 5.10 Å². The van der Waals surface area contributed by atoms with Crippen LogP contribution in [0.4, 0.5) is 0 Å². The van der Waals surface area contributed by atoms with E-state index in [9.17, 15) is 4.79 Å². The molecule has 0 aliphatic rings. The lowest BCUT2D eigenvalue weighted by atomic mass is 10.3. The molecule has 1 rings (SSSR count). The minimum Gasteiger partial charge on any atom is -0.469 e. The quantitative estimate of drug-likeness (QED) is 0.601. The topological polar surface area (TPSA) is 69.5 Å². The Bertz CT molecular complexity index is 367. The summed E-state index contributed by atoms with van der Waals surface area (Å²) >= 11 is 0. The first kappa shape index (κ1) is 14.6. The van der Waals surface area contributed by atoms with Gasteiger partial charge in [-0.25, -0.2) is 4.98 Å². The minimum atomic E-state index is -0.213. The Kier molecular flexibility index (Phi) is 6.31. The Morgan fingerprint density at radius 2 is 2.22 bits per heavy atom. The molecule has 1 aromatic heterocycles. The second-order valence-corrected chi connectivity index (χ2v) is 3.89. The molecule has 0 aliphatic carbocycles. The van der Waals surface area contributed by atoms with Gasteiger partial charge in [0.25, 0.3) is 0 Å². The molecule has 0 aromatic carbocycles. The van der Waals surface area contributed by atoms with E-state index >= 15 is 0 Å². The van der Waals surface area contributed by atoms with Crippen molar-refractivity contribution in [3.05, 3.63) is 12.2 Å². The summed E-state index contributed by atoms with van der Waals surface area (Å²) in [6.07, 6.45) is 1.88. The standard InChI is InChI=1S/C11H20N4O3/c1-14-10(12-9-13-14)8-15(6-7-17-2)5-4-11(16)18-3/h9H,4-8H2,1-3H3. The van der Waals surface area contributed by atoms with Crippen molar-refractivity contribution in [3.8, 4) is 0 Å². The number of aryl methyl sites for hydroxylation is 1. The smallest absolute Gasteiger partial charge is 0.306 e. The highest BCUT2D eigenvalue weighted by Crippen LogP contribution is 2.01. The van der Waals surface area contributed by atoms with Crippen LogP contribution in [0, 0.1) is 0 Å². The summed E-state index contributed by atoms with van der Waals surface area (Å²) in [6, 6.07) is 0. The first-order valence-corrected chi connectivity index (χ1v) is 5.78. The van der Waals surface area contributed by atoms with Crippen LogP contribution in [-0.2, 0) is 27.9 Å². The predicted molar refractivity (Wildman–Crippen MR) is 64.8 cm³/mol. The van der Waals surface area contributed by atoms with Crippen molar-refractivity contribution < 1.29 is 14.3 Å². The summed E-state index contributed by atoms with van der Waals surface area (Å²) in [6.45, 7) is 2.60. The third kappa shape index (κ3) is 4.80. The fourth-order valence-electron chi connectivity index (χ4n) is 1.51. The molecule has 1 aromatic rings. The van der Waals surface area contributed by atoms with Crippen LogP contribution < -0.4 is 0 Å². The molecule has 1 heterocycles. The molecule has 7 heteroatoms. The number of aromatic nitrogens is 3. The van der Waals surface area contributed by atoms with E-state index in [1.54, 1.807) is 11.8 Å². The lowest BCUT2D eigenvalue weighted by Crippen LogP contribution is -2.30. The highest BCUT2D eigenvalue weighted by Gasteiger charge is 2.11. The average Bonchev–Trinajstić information content (AvgIpc) is 2.77. The Morgan fingerprint density at radius 1 is 1.44 bits per heavy atom. The molecule has 0 amide bonds. The lowest BCUT2D eigenvalue weighted by molar-refractivity contribution is -0.141. The van der Waals surface area contributed by atoms with Crippen LogP contribution in [0.5, 0.6) is 0 Å². The van der Waals surface area contributed by atoms with E-state index in [4.69, 9.17) is 4.74 Å². The van der Waals surface area contributed by atoms with Crippen LogP contribution in [0.15, 0.2) is 6.33 Å². The van der Waals surface area contributed by atoms with Gasteiger partial charge < -0.3 is 9.47 Å². The zero-order valence-electron chi connectivity index (χ0n) is 11.1. The molecule has 0 N–H and O–H groups in total. The van der Waals surface area contributed by atoms with Crippen LogP contribution in [0.25, 0.3) is 0 Å². The van der Waals surface area contributed by atoms with Crippen LogP contribution >= 0.6 is 0 Å². The maximum absolute atomic E-state index is 11.1. The van der Waals surface area contributed by atoms with Crippen molar-refractivity contribution in [3.63, 3.8) is 0 Å². The molecule has 0 saturated carbocycles. The van der Waals surface area contributed by atoms with Crippen molar-refractivity contribution >= 4 is 5.97 Å². The Labute approximate surface area is 107 Å². The molecule has 0 spiro atoms. The average molecular weight is 256 g/mol. The molecule has 0 radical (unpaired) electrons. The van der Waals surface area contributed by atoms with Crippen molar-refractivity contribution in [1.82, 2.24) is 19.7 Å². The first-order chi connectivity index (χ1) is 8.67. The highest BCUT2D eigenvalue weighted by molar-refractivity contribution is 5.69. The molecule has 18 heavy (non-hydrogen) atoms. The number of carbonyl (C=O) groups is 1. The largest absolute Gasteiger partial charge is 0.469 e. The van der Waals surface area contributed by atoms with E-state index in [-0.39, 0.29) is 5.97 Å². The molecule has 7 nitrogen and oxygen atoms in total. The number of nitrogens with zero attached hydrogens (tertiary/aromatic N) is 4. The third-order valence-corrected chi connectivity index (χ3v) is 2.64. The number of hydrogen-bond donors (Lipinski definition) is 0. The van der Waals surface area contributed by atoms with Crippen LogP contribution in [0.3, 0.4) is 0 Å². The second-order valence-electron chi connectivity index (χ2n) is 3.89. The van der Waals surface area contributed by atoms with Gasteiger partial charge in [0.05, 0.1) is 26.7 Å². The van der Waals surface area contributed by atoms with Gasteiger partial charge in [-0.1, -0.05) is 0 Å². The second kappa shape index (κ2) is 7.78. The third-order valence-electron chi connectivity index (χ3n) is 2.64. The highest BCUT2D eigenvalue weighted by atomic mass is 16.5. The number of rotatable bonds is 8. The summed E-state index contributed by atoms with van der Waals surface area (Å²) < 4.78 is 11.4. The number of hydrogen-bond acceptors (Lipinski definition) is 6. The lowest BCUT2D eigenvalue weighted by Gasteiger charge is -2.20. The molecule has 0 aliphatic heterocycles. The van der Waals surface area contributed by atoms with Crippen molar-refractivity contribution in [2.45, 2.75) is 13.0 Å². The van der Waals surface area contributed by atoms with Gasteiger partial charge in [0.1, 0.15) is 12.2 Å². The maximum Gasteiger partial charge on any atom is 0.306 e. The summed E-state index contributed by atoms with van der Waals surface area (Å²) in [5, 5.41) is 4.02. The van der Waals surface area contributed by atoms with Crippen molar-refractivity contribution in [2.24, 2.45) is 7.05 Å². The number of ether oxygens (including phenoxy) is 2. The van der Waals surface area contributed by atoms with E-state index in [2.05, 4.69) is 19.7 Å². The maximum atomic E-state index is 11.1. The fourth-order valence-corrected chi connectivity index (χ4v) is 1.51. The molecule has 0 atom stereocenters. The van der Waals surface area contributed by atoms with Gasteiger partial charge in [0.2, 0.25) is 0 Å². The van der Waals surface area contributed by atoms with Crippen molar-refractivity contribution in [2.75, 3.05) is 33.9 Å². The van der Waals surface area contributed by atoms with Gasteiger partial charge in [-0.3, -0.25) is 14.4 Å². The molecule has 0 saturated heterocycles. The monoisotopic (exact) mass is 256 g/mol. The van der Waals surface area contributed by atoms with Gasteiger partial charge in [-0.15, -0.1) is 0 Å². The molecule has 102 valence electrons. The normalized spacial score (nSPS) is 10.9. The zero-order valence-corrected chi connectivity index (χ0v) is 11.1. The first-order valence-electron chi connectivity index (χ1n) is 5.78. The number of esters is 1. The van der Waals surface area contributed by atoms with E-state index in [0.29, 0.717) is 26.1 Å². The van der Waals surface area contributed by atoms with Crippen LogP contribution in [0.1, 0.15) is 12.2 Å². The Balaban J connectivity index is 2.49. The van der Waals surface area contributed by atoms with Crippen LogP contribution in [0.2, 0.25) is 0 Å². The Hall–Kier alpha value is -1.47. The van der Waals surface area contributed by atoms with Crippen molar-refractivity contribution in [1.29, 1.82) is 0 Å². The van der Waals surface area contributed by atoms with Gasteiger partial charge in [-0.05, 0) is 0 Å². The Morgan fingerprint density at radius 3 is 2.78 bits per heavy atom. The van der Waals surface area contributed by atoms with Gasteiger partial charge in [0, 0.05) is 27.2 Å². The van der Waals surface area contributed by atoms with E-state index in [1.807, 2.05) is 7.05 Å². The summed E-state index contributed by atoms with van der Waals surface area (Å²) in [5.74, 6) is 0.645. The SMILES string of the molecule is COCCN(CCC(=O)OC)Cc1ncnn1C. The van der Waals surface area contributed by atoms with E-state index in [1.165, 1.54) is 13.4 Å². The molecule has 0 unspecified atom stereocenters. The molecular weight excluding hydrogens is 236 g/mol. The molecular formula is C11H20N4O3. The summed E-state index contributed by atoms with van der Waals surface area (Å²) in [5.41, 5.74) is 0. The van der Waals surface area contributed by atoms with Crippen LogP contribution in [-0.4, -0.2) is 59.5 Å². The summed E-state index contributed by atoms with van der Waals surface area (Å²) in [7, 11) is 4.89. The number of carbonyl (C=O) groups excluding carboxylic acids is 1. The zero-order chi connectivity index (χ0) is 13.4. The van der Waals surface area contributed by atoms with Gasteiger partial charge in [0.15, 0.2) is 0 Å². The molecule has 0 fully saturated rings. The minimum absolute atomic E-state index is 0.213. The van der Waals surface area contributed by atoms with E-state index in [0.717, 1.165) is 12.4 Å². The predicted octanol–water partition coefficient (Wildman–Crippen LogP) is -0.173. The molecule has 0 bridgehead atoms. The number of methoxy groups -OCH3 is 2.